The maximum absolute atomic E-state index is 12.2. The number of aliphatic imine (C=N–C) groups is 1. The van der Waals surface area contributed by atoms with E-state index >= 15 is 0 Å². The van der Waals surface area contributed by atoms with Gasteiger partial charge in [0.25, 0.3) is 5.91 Å². The van der Waals surface area contributed by atoms with Gasteiger partial charge in [0.2, 0.25) is 0 Å². The van der Waals surface area contributed by atoms with Gasteiger partial charge in [0.15, 0.2) is 11.8 Å². The van der Waals surface area contributed by atoms with Crippen molar-refractivity contribution in [2.24, 2.45) is 10.7 Å². The van der Waals surface area contributed by atoms with Gasteiger partial charge in [-0.2, -0.15) is 0 Å². The van der Waals surface area contributed by atoms with Crippen molar-refractivity contribution in [1.29, 1.82) is 0 Å². The first-order valence-corrected chi connectivity index (χ1v) is 10.1. The molecule has 3 rings (SSSR count). The van der Waals surface area contributed by atoms with Gasteiger partial charge in [-0.3, -0.25) is 9.79 Å². The van der Waals surface area contributed by atoms with E-state index in [0.29, 0.717) is 10.9 Å². The molecule has 7 heteroatoms. The summed E-state index contributed by atoms with van der Waals surface area (Å²) < 4.78 is 5.70. The summed E-state index contributed by atoms with van der Waals surface area (Å²) in [5.41, 5.74) is 8.40. The molecule has 0 spiro atoms. The highest BCUT2D eigenvalue weighted by Crippen LogP contribution is 2.36. The number of nitrogens with one attached hydrogen (secondary N) is 1. The van der Waals surface area contributed by atoms with E-state index in [-0.39, 0.29) is 18.1 Å². The van der Waals surface area contributed by atoms with E-state index in [1.54, 1.807) is 11.8 Å². The van der Waals surface area contributed by atoms with Crippen molar-refractivity contribution >= 4 is 34.2 Å². The van der Waals surface area contributed by atoms with Crippen LogP contribution in [0.1, 0.15) is 18.9 Å². The van der Waals surface area contributed by atoms with Gasteiger partial charge in [0.1, 0.15) is 5.75 Å². The maximum atomic E-state index is 12.2. The predicted octanol–water partition coefficient (Wildman–Crippen LogP) is 3.44. The van der Waals surface area contributed by atoms with E-state index in [4.69, 9.17) is 10.5 Å². The Morgan fingerprint density at radius 3 is 2.71 bits per heavy atom. The first kappa shape index (κ1) is 20.1. The third-order valence-corrected chi connectivity index (χ3v) is 5.48. The highest BCUT2D eigenvalue weighted by molar-refractivity contribution is 8.13. The van der Waals surface area contributed by atoms with Gasteiger partial charge >= 0.3 is 0 Å². The predicted molar refractivity (Wildman–Crippen MR) is 117 cm³/mol. The topological polar surface area (TPSA) is 80.0 Å². The molecular weight excluding hydrogens is 372 g/mol. The molecule has 0 aromatic heterocycles. The second-order valence-electron chi connectivity index (χ2n) is 7.13. The average molecular weight is 399 g/mol. The van der Waals surface area contributed by atoms with E-state index in [1.807, 2.05) is 67.5 Å². The summed E-state index contributed by atoms with van der Waals surface area (Å²) in [5, 5.41) is 3.46. The third kappa shape index (κ3) is 4.98. The minimum atomic E-state index is -0.356. The number of nitrogens with two attached hydrogens (primary N) is 1. The fourth-order valence-corrected chi connectivity index (χ4v) is 3.98. The number of thioether (sulfide) groups is 1. The normalized spacial score (nSPS) is 18.9. The first-order valence-electron chi connectivity index (χ1n) is 9.14. The summed E-state index contributed by atoms with van der Waals surface area (Å²) in [4.78, 5) is 18.8. The molecule has 148 valence electrons. The third-order valence-electron chi connectivity index (χ3n) is 4.69. The van der Waals surface area contributed by atoms with Crippen LogP contribution in [0.5, 0.6) is 5.75 Å². The number of amides is 1. The van der Waals surface area contributed by atoms with Crippen LogP contribution < -0.4 is 20.7 Å². The van der Waals surface area contributed by atoms with Gasteiger partial charge in [0.05, 0.1) is 5.54 Å². The molecule has 1 unspecified atom stereocenters. The molecule has 1 amide bonds. The Balaban J connectivity index is 1.60. The standard InChI is InChI=1S/C21H26N4O2S/c1-21(11-12-28-20(22)24-21)15-5-4-6-18(13-15)27-14-19(26)23-16-7-9-17(10-8-16)25(2)3/h4-10,13H,11-12,14H2,1-3H3,(H2,22,24)(H,23,26). The summed E-state index contributed by atoms with van der Waals surface area (Å²) in [5.74, 6) is 1.38. The van der Waals surface area contributed by atoms with Crippen molar-refractivity contribution in [1.82, 2.24) is 0 Å². The van der Waals surface area contributed by atoms with Gasteiger partial charge in [-0.25, -0.2) is 0 Å². The first-order chi connectivity index (χ1) is 13.4. The average Bonchev–Trinajstić information content (AvgIpc) is 2.67. The molecule has 0 saturated carbocycles. The molecule has 2 aromatic carbocycles. The van der Waals surface area contributed by atoms with Crippen LogP contribution in [0.15, 0.2) is 53.5 Å². The van der Waals surface area contributed by atoms with E-state index in [2.05, 4.69) is 17.2 Å². The minimum Gasteiger partial charge on any atom is -0.484 e. The van der Waals surface area contributed by atoms with Gasteiger partial charge in [-0.05, 0) is 55.3 Å². The number of carbonyl (C=O) groups excluding carboxylic acids is 1. The zero-order valence-corrected chi connectivity index (χ0v) is 17.3. The molecule has 1 aliphatic rings. The largest absolute Gasteiger partial charge is 0.484 e. The lowest BCUT2D eigenvalue weighted by atomic mass is 9.90. The molecule has 1 heterocycles. The Morgan fingerprint density at radius 1 is 1.29 bits per heavy atom. The Hall–Kier alpha value is -2.67. The van der Waals surface area contributed by atoms with Crippen molar-refractivity contribution in [3.8, 4) is 5.75 Å². The van der Waals surface area contributed by atoms with Gasteiger partial charge in [0, 0.05) is 31.2 Å². The van der Waals surface area contributed by atoms with Crippen molar-refractivity contribution in [2.75, 3.05) is 36.7 Å². The summed E-state index contributed by atoms with van der Waals surface area (Å²) in [6.45, 7) is 2.01. The van der Waals surface area contributed by atoms with E-state index in [9.17, 15) is 4.79 Å². The van der Waals surface area contributed by atoms with Crippen LogP contribution in [0.4, 0.5) is 11.4 Å². The number of benzene rings is 2. The monoisotopic (exact) mass is 398 g/mol. The zero-order valence-electron chi connectivity index (χ0n) is 16.4. The van der Waals surface area contributed by atoms with Crippen LogP contribution in [0.2, 0.25) is 0 Å². The lowest BCUT2D eigenvalue weighted by Gasteiger charge is -2.30. The maximum Gasteiger partial charge on any atom is 0.262 e. The van der Waals surface area contributed by atoms with E-state index in [1.165, 1.54) is 0 Å². The van der Waals surface area contributed by atoms with Gasteiger partial charge < -0.3 is 20.7 Å². The van der Waals surface area contributed by atoms with E-state index in [0.717, 1.165) is 29.1 Å². The van der Waals surface area contributed by atoms with Crippen molar-refractivity contribution in [2.45, 2.75) is 18.9 Å². The lowest BCUT2D eigenvalue weighted by Crippen LogP contribution is -2.28. The Labute approximate surface area is 170 Å². The molecule has 0 fully saturated rings. The molecule has 0 radical (unpaired) electrons. The SMILES string of the molecule is CN(C)c1ccc(NC(=O)COc2cccc(C3(C)CCSC(N)=N3)c2)cc1. The molecular formula is C21H26N4O2S. The molecule has 0 saturated heterocycles. The fraction of sp³-hybridized carbons (Fsp3) is 0.333. The minimum absolute atomic E-state index is 0.0587. The Morgan fingerprint density at radius 2 is 2.04 bits per heavy atom. The fourth-order valence-electron chi connectivity index (χ4n) is 3.00. The number of ether oxygens (including phenoxy) is 1. The number of hydrogen-bond acceptors (Lipinski definition) is 6. The number of hydrogen-bond donors (Lipinski definition) is 2. The highest BCUT2D eigenvalue weighted by Gasteiger charge is 2.29. The lowest BCUT2D eigenvalue weighted by molar-refractivity contribution is -0.118. The van der Waals surface area contributed by atoms with Crippen molar-refractivity contribution in [3.05, 3.63) is 54.1 Å². The van der Waals surface area contributed by atoms with Crippen LogP contribution in [0.25, 0.3) is 0 Å². The van der Waals surface area contributed by atoms with Crippen molar-refractivity contribution < 1.29 is 9.53 Å². The zero-order chi connectivity index (χ0) is 20.1. The quantitative estimate of drug-likeness (QED) is 0.779. The van der Waals surface area contributed by atoms with E-state index < -0.39 is 0 Å². The van der Waals surface area contributed by atoms with Crippen LogP contribution in [0, 0.1) is 0 Å². The number of carbonyl (C=O) groups is 1. The molecule has 2 aromatic rings. The Kier molecular flexibility index (Phi) is 6.14. The Bertz CT molecular complexity index is 867. The molecule has 3 N–H and O–H groups in total. The second kappa shape index (κ2) is 8.56. The van der Waals surface area contributed by atoms with Crippen molar-refractivity contribution in [3.63, 3.8) is 0 Å². The number of rotatable bonds is 6. The van der Waals surface area contributed by atoms with Crippen LogP contribution >= 0.6 is 11.8 Å². The summed E-state index contributed by atoms with van der Waals surface area (Å²) in [6.07, 6.45) is 0.908. The molecule has 0 aliphatic carbocycles. The van der Waals surface area contributed by atoms with Gasteiger partial charge in [-0.1, -0.05) is 23.9 Å². The van der Waals surface area contributed by atoms with Crippen LogP contribution in [-0.2, 0) is 10.3 Å². The number of nitrogens with zero attached hydrogens (tertiary/aromatic N) is 2. The summed E-state index contributed by atoms with van der Waals surface area (Å²) >= 11 is 1.58. The summed E-state index contributed by atoms with van der Waals surface area (Å²) in [7, 11) is 3.95. The molecule has 0 bridgehead atoms. The molecule has 6 nitrogen and oxygen atoms in total. The summed E-state index contributed by atoms with van der Waals surface area (Å²) in [6, 6.07) is 15.4. The second-order valence-corrected chi connectivity index (χ2v) is 8.24. The number of amidine groups is 1. The van der Waals surface area contributed by atoms with Crippen LogP contribution in [0.3, 0.4) is 0 Å². The molecule has 28 heavy (non-hydrogen) atoms. The van der Waals surface area contributed by atoms with Gasteiger partial charge in [-0.15, -0.1) is 0 Å². The smallest absolute Gasteiger partial charge is 0.262 e. The van der Waals surface area contributed by atoms with Crippen LogP contribution in [-0.4, -0.2) is 37.5 Å². The highest BCUT2D eigenvalue weighted by atomic mass is 32.2. The molecule has 1 atom stereocenters. The number of anilines is 2. The molecule has 1 aliphatic heterocycles.